The fourth-order valence-corrected chi connectivity index (χ4v) is 3.25. The van der Waals surface area contributed by atoms with Crippen LogP contribution in [0.5, 0.6) is 0 Å². The van der Waals surface area contributed by atoms with E-state index < -0.39 is 0 Å². The summed E-state index contributed by atoms with van der Waals surface area (Å²) >= 11 is 0. The van der Waals surface area contributed by atoms with Gasteiger partial charge in [0.1, 0.15) is 6.61 Å². The van der Waals surface area contributed by atoms with Crippen molar-refractivity contribution in [1.82, 2.24) is 4.98 Å². The lowest BCUT2D eigenvalue weighted by molar-refractivity contribution is -0.146. The fourth-order valence-electron chi connectivity index (χ4n) is 3.25. The highest BCUT2D eigenvalue weighted by Gasteiger charge is 2.10. The SMILES string of the molecule is CCCCCCCCCCCCCC(C)CC(=O)OCc1cccnc1. The van der Waals surface area contributed by atoms with E-state index in [1.54, 1.807) is 12.4 Å². The van der Waals surface area contributed by atoms with Gasteiger partial charge >= 0.3 is 5.97 Å². The van der Waals surface area contributed by atoms with Crippen molar-refractivity contribution in [3.63, 3.8) is 0 Å². The molecule has 0 aliphatic rings. The third-order valence-corrected chi connectivity index (χ3v) is 4.94. The number of aromatic nitrogens is 1. The first kappa shape index (κ1) is 22.7. The first-order valence-electron chi connectivity index (χ1n) is 10.8. The van der Waals surface area contributed by atoms with Crippen molar-refractivity contribution >= 4 is 5.97 Å². The van der Waals surface area contributed by atoms with E-state index in [1.807, 2.05) is 12.1 Å². The monoisotopic (exact) mass is 361 g/mol. The molecule has 3 nitrogen and oxygen atoms in total. The molecule has 1 heterocycles. The van der Waals surface area contributed by atoms with Gasteiger partial charge in [-0.05, 0) is 12.0 Å². The molecule has 3 heteroatoms. The predicted molar refractivity (Wildman–Crippen MR) is 109 cm³/mol. The molecule has 1 aromatic heterocycles. The van der Waals surface area contributed by atoms with E-state index in [0.717, 1.165) is 12.0 Å². The molecule has 26 heavy (non-hydrogen) atoms. The van der Waals surface area contributed by atoms with Crippen molar-refractivity contribution in [1.29, 1.82) is 0 Å². The minimum atomic E-state index is -0.0931. The van der Waals surface area contributed by atoms with Crippen molar-refractivity contribution in [3.05, 3.63) is 30.1 Å². The van der Waals surface area contributed by atoms with Crippen LogP contribution in [0.2, 0.25) is 0 Å². The molecule has 0 N–H and O–H groups in total. The Balaban J connectivity index is 1.90. The molecule has 1 aromatic rings. The normalized spacial score (nSPS) is 12.1. The third-order valence-electron chi connectivity index (χ3n) is 4.94. The Morgan fingerprint density at radius 2 is 1.62 bits per heavy atom. The van der Waals surface area contributed by atoms with Crippen LogP contribution in [-0.2, 0) is 16.1 Å². The second-order valence-electron chi connectivity index (χ2n) is 7.66. The number of esters is 1. The second-order valence-corrected chi connectivity index (χ2v) is 7.66. The van der Waals surface area contributed by atoms with Crippen LogP contribution < -0.4 is 0 Å². The van der Waals surface area contributed by atoms with E-state index in [2.05, 4.69) is 18.8 Å². The molecule has 1 rings (SSSR count). The Morgan fingerprint density at radius 3 is 2.19 bits per heavy atom. The van der Waals surface area contributed by atoms with Crippen LogP contribution in [0.15, 0.2) is 24.5 Å². The molecule has 0 spiro atoms. The lowest BCUT2D eigenvalue weighted by atomic mass is 9.99. The summed E-state index contributed by atoms with van der Waals surface area (Å²) in [6.07, 6.45) is 20.1. The molecule has 0 saturated carbocycles. The number of hydrogen-bond donors (Lipinski definition) is 0. The number of carbonyl (C=O) groups excluding carboxylic acids is 1. The molecule has 0 aliphatic heterocycles. The Bertz CT molecular complexity index is 447. The van der Waals surface area contributed by atoms with E-state index in [9.17, 15) is 4.79 Å². The van der Waals surface area contributed by atoms with Crippen molar-refractivity contribution in [2.24, 2.45) is 5.92 Å². The summed E-state index contributed by atoms with van der Waals surface area (Å²) in [6, 6.07) is 3.78. The van der Waals surface area contributed by atoms with Crippen LogP contribution in [-0.4, -0.2) is 11.0 Å². The lowest BCUT2D eigenvalue weighted by Crippen LogP contribution is -2.09. The van der Waals surface area contributed by atoms with Crippen LogP contribution in [0.4, 0.5) is 0 Å². The number of carbonyl (C=O) groups is 1. The molecular formula is C23H39NO2. The zero-order valence-electron chi connectivity index (χ0n) is 17.0. The number of rotatable bonds is 16. The second kappa shape index (κ2) is 15.8. The van der Waals surface area contributed by atoms with Crippen molar-refractivity contribution < 1.29 is 9.53 Å². The Morgan fingerprint density at radius 1 is 1.00 bits per heavy atom. The zero-order chi connectivity index (χ0) is 18.9. The van der Waals surface area contributed by atoms with Crippen LogP contribution in [0.3, 0.4) is 0 Å². The smallest absolute Gasteiger partial charge is 0.306 e. The van der Waals surface area contributed by atoms with Crippen LogP contribution in [0.25, 0.3) is 0 Å². The van der Waals surface area contributed by atoms with Crippen LogP contribution >= 0.6 is 0 Å². The highest BCUT2D eigenvalue weighted by atomic mass is 16.5. The van der Waals surface area contributed by atoms with Crippen LogP contribution in [0, 0.1) is 5.92 Å². The third kappa shape index (κ3) is 12.9. The highest BCUT2D eigenvalue weighted by molar-refractivity contribution is 5.69. The van der Waals surface area contributed by atoms with Gasteiger partial charge in [0.2, 0.25) is 0 Å². The summed E-state index contributed by atoms with van der Waals surface area (Å²) in [5.41, 5.74) is 0.943. The van der Waals surface area contributed by atoms with Gasteiger partial charge in [0.25, 0.3) is 0 Å². The quantitative estimate of drug-likeness (QED) is 0.239. The summed E-state index contributed by atoms with van der Waals surface area (Å²) in [4.78, 5) is 15.9. The first-order valence-corrected chi connectivity index (χ1v) is 10.8. The average molecular weight is 362 g/mol. The highest BCUT2D eigenvalue weighted by Crippen LogP contribution is 2.16. The summed E-state index contributed by atoms with van der Waals surface area (Å²) in [5, 5.41) is 0. The van der Waals surface area contributed by atoms with Gasteiger partial charge in [-0.1, -0.05) is 97.0 Å². The molecule has 1 atom stereocenters. The maximum Gasteiger partial charge on any atom is 0.306 e. The molecular weight excluding hydrogens is 322 g/mol. The van der Waals surface area contributed by atoms with Gasteiger partial charge in [0.15, 0.2) is 0 Å². The largest absolute Gasteiger partial charge is 0.461 e. The molecule has 0 amide bonds. The fraction of sp³-hybridized carbons (Fsp3) is 0.739. The van der Waals surface area contributed by atoms with Gasteiger partial charge in [-0.2, -0.15) is 0 Å². The molecule has 1 unspecified atom stereocenters. The van der Waals surface area contributed by atoms with Gasteiger partial charge in [-0.3, -0.25) is 9.78 Å². The molecule has 148 valence electrons. The zero-order valence-corrected chi connectivity index (χ0v) is 17.0. The summed E-state index contributed by atoms with van der Waals surface area (Å²) in [6.45, 7) is 4.76. The average Bonchev–Trinajstić information content (AvgIpc) is 2.65. The van der Waals surface area contributed by atoms with Gasteiger partial charge < -0.3 is 4.74 Å². The topological polar surface area (TPSA) is 39.2 Å². The van der Waals surface area contributed by atoms with Crippen LogP contribution in [0.1, 0.15) is 103 Å². The number of nitrogens with zero attached hydrogens (tertiary/aromatic N) is 1. The van der Waals surface area contributed by atoms with E-state index in [0.29, 0.717) is 18.9 Å². The first-order chi connectivity index (χ1) is 12.7. The van der Waals surface area contributed by atoms with Gasteiger partial charge in [0.05, 0.1) is 0 Å². The predicted octanol–water partition coefficient (Wildman–Crippen LogP) is 6.85. The van der Waals surface area contributed by atoms with E-state index >= 15 is 0 Å². The number of unbranched alkanes of at least 4 members (excludes halogenated alkanes) is 10. The molecule has 0 fully saturated rings. The van der Waals surface area contributed by atoms with E-state index in [-0.39, 0.29) is 5.97 Å². The summed E-state index contributed by atoms with van der Waals surface area (Å²) < 4.78 is 5.33. The molecule has 0 aromatic carbocycles. The summed E-state index contributed by atoms with van der Waals surface area (Å²) in [7, 11) is 0. The molecule has 0 saturated heterocycles. The number of hydrogen-bond acceptors (Lipinski definition) is 3. The Labute approximate surface area is 160 Å². The van der Waals surface area contributed by atoms with Gasteiger partial charge in [-0.25, -0.2) is 0 Å². The standard InChI is InChI=1S/C23H39NO2/c1-3-4-5-6-7-8-9-10-11-12-13-15-21(2)18-23(25)26-20-22-16-14-17-24-19-22/h14,16-17,19,21H,3-13,15,18,20H2,1-2H3. The molecule has 0 bridgehead atoms. The number of pyridine rings is 1. The summed E-state index contributed by atoms with van der Waals surface area (Å²) in [5.74, 6) is 0.319. The minimum absolute atomic E-state index is 0.0931. The maximum absolute atomic E-state index is 11.9. The number of ether oxygens (including phenoxy) is 1. The lowest BCUT2D eigenvalue weighted by Gasteiger charge is -2.11. The Kier molecular flexibility index (Phi) is 13.8. The van der Waals surface area contributed by atoms with Gasteiger partial charge in [0, 0.05) is 24.4 Å². The van der Waals surface area contributed by atoms with E-state index in [1.165, 1.54) is 70.6 Å². The minimum Gasteiger partial charge on any atom is -0.461 e. The van der Waals surface area contributed by atoms with Crippen molar-refractivity contribution in [2.75, 3.05) is 0 Å². The van der Waals surface area contributed by atoms with E-state index in [4.69, 9.17) is 4.74 Å². The van der Waals surface area contributed by atoms with Crippen molar-refractivity contribution in [3.8, 4) is 0 Å². The van der Waals surface area contributed by atoms with Crippen molar-refractivity contribution in [2.45, 2.75) is 104 Å². The van der Waals surface area contributed by atoms with Gasteiger partial charge in [-0.15, -0.1) is 0 Å². The molecule has 0 aliphatic carbocycles. The maximum atomic E-state index is 11.9. The molecule has 0 radical (unpaired) electrons. The Hall–Kier alpha value is -1.38.